The van der Waals surface area contributed by atoms with Gasteiger partial charge < -0.3 is 10.4 Å². The minimum atomic E-state index is -1.10. The summed E-state index contributed by atoms with van der Waals surface area (Å²) in [7, 11) is 0. The molecule has 0 saturated carbocycles. The van der Waals surface area contributed by atoms with Crippen LogP contribution >= 0.6 is 0 Å². The number of rotatable bonds is 5. The second kappa shape index (κ2) is 6.19. The molecule has 0 radical (unpaired) electrons. The van der Waals surface area contributed by atoms with Gasteiger partial charge in [0.05, 0.1) is 0 Å². The van der Waals surface area contributed by atoms with Crippen LogP contribution in [0.15, 0.2) is 42.5 Å². The normalized spacial score (nSPS) is 12.1. The van der Waals surface area contributed by atoms with Crippen LogP contribution in [0, 0.1) is 5.92 Å². The van der Waals surface area contributed by atoms with Gasteiger partial charge in [-0.1, -0.05) is 42.5 Å². The topological polar surface area (TPSA) is 66.4 Å². The minimum Gasteiger partial charge on any atom is -0.481 e. The van der Waals surface area contributed by atoms with Crippen molar-refractivity contribution >= 4 is 22.6 Å². The van der Waals surface area contributed by atoms with Crippen molar-refractivity contribution in [2.45, 2.75) is 13.3 Å². The highest BCUT2D eigenvalue weighted by Crippen LogP contribution is 2.15. The van der Waals surface area contributed by atoms with Crippen LogP contribution in [0.2, 0.25) is 0 Å². The van der Waals surface area contributed by atoms with Crippen LogP contribution in [0.1, 0.15) is 12.5 Å². The van der Waals surface area contributed by atoms with E-state index >= 15 is 0 Å². The lowest BCUT2D eigenvalue weighted by Crippen LogP contribution is -2.34. The van der Waals surface area contributed by atoms with E-state index in [2.05, 4.69) is 17.4 Å². The van der Waals surface area contributed by atoms with Gasteiger partial charge in [-0.25, -0.2) is 0 Å². The van der Waals surface area contributed by atoms with Gasteiger partial charge in [0.1, 0.15) is 5.92 Å². The smallest absolute Gasteiger partial charge is 0.315 e. The van der Waals surface area contributed by atoms with Crippen molar-refractivity contribution in [3.8, 4) is 0 Å². The highest BCUT2D eigenvalue weighted by Gasteiger charge is 2.19. The number of fused-ring (bicyclic) bond motifs is 1. The molecule has 1 amide bonds. The van der Waals surface area contributed by atoms with Crippen LogP contribution in [-0.2, 0) is 16.0 Å². The molecule has 4 heteroatoms. The number of nitrogens with one attached hydrogen (secondary N) is 1. The quantitative estimate of drug-likeness (QED) is 0.819. The Hall–Kier alpha value is -2.36. The van der Waals surface area contributed by atoms with Gasteiger partial charge in [0.15, 0.2) is 0 Å². The van der Waals surface area contributed by atoms with E-state index in [1.807, 2.05) is 30.3 Å². The number of carboxylic acids is 1. The van der Waals surface area contributed by atoms with Gasteiger partial charge >= 0.3 is 5.97 Å². The molecule has 104 valence electrons. The van der Waals surface area contributed by atoms with E-state index in [1.165, 1.54) is 12.3 Å². The molecule has 0 aliphatic heterocycles. The van der Waals surface area contributed by atoms with Crippen LogP contribution in [0.3, 0.4) is 0 Å². The van der Waals surface area contributed by atoms with Crippen molar-refractivity contribution in [3.05, 3.63) is 48.0 Å². The third-order valence-electron chi connectivity index (χ3n) is 3.29. The van der Waals surface area contributed by atoms with Crippen LogP contribution in [0.5, 0.6) is 0 Å². The molecular weight excluding hydrogens is 254 g/mol. The third kappa shape index (κ3) is 3.35. The van der Waals surface area contributed by atoms with Gasteiger partial charge in [-0.05, 0) is 29.7 Å². The van der Waals surface area contributed by atoms with E-state index in [4.69, 9.17) is 5.11 Å². The zero-order valence-electron chi connectivity index (χ0n) is 11.3. The number of hydrogen-bond donors (Lipinski definition) is 2. The molecule has 0 aliphatic rings. The molecule has 0 aromatic heterocycles. The second-order valence-corrected chi connectivity index (χ2v) is 4.78. The summed E-state index contributed by atoms with van der Waals surface area (Å²) < 4.78 is 0. The van der Waals surface area contributed by atoms with E-state index < -0.39 is 17.8 Å². The van der Waals surface area contributed by atoms with E-state index in [-0.39, 0.29) is 0 Å². The predicted molar refractivity (Wildman–Crippen MR) is 77.5 cm³/mol. The molecule has 1 unspecified atom stereocenters. The van der Waals surface area contributed by atoms with Crippen molar-refractivity contribution in [2.75, 3.05) is 6.54 Å². The van der Waals surface area contributed by atoms with Gasteiger partial charge in [0, 0.05) is 6.54 Å². The molecule has 2 N–H and O–H groups in total. The highest BCUT2D eigenvalue weighted by molar-refractivity contribution is 5.96. The summed E-state index contributed by atoms with van der Waals surface area (Å²) in [6, 6.07) is 14.2. The highest BCUT2D eigenvalue weighted by atomic mass is 16.4. The van der Waals surface area contributed by atoms with E-state index in [0.717, 1.165) is 10.9 Å². The van der Waals surface area contributed by atoms with Crippen molar-refractivity contribution in [1.82, 2.24) is 5.32 Å². The molecule has 2 rings (SSSR count). The first-order valence-electron chi connectivity index (χ1n) is 6.56. The number of carbonyl (C=O) groups excluding carboxylic acids is 1. The molecule has 0 bridgehead atoms. The lowest BCUT2D eigenvalue weighted by atomic mass is 10.1. The van der Waals surface area contributed by atoms with Gasteiger partial charge in [0.2, 0.25) is 5.91 Å². The first-order chi connectivity index (χ1) is 9.58. The Morgan fingerprint density at radius 1 is 1.15 bits per heavy atom. The first kappa shape index (κ1) is 14.1. The Labute approximate surface area is 117 Å². The van der Waals surface area contributed by atoms with E-state index in [9.17, 15) is 9.59 Å². The summed E-state index contributed by atoms with van der Waals surface area (Å²) >= 11 is 0. The fraction of sp³-hybridized carbons (Fsp3) is 0.250. The summed E-state index contributed by atoms with van der Waals surface area (Å²) in [5.41, 5.74) is 1.12. The first-order valence-corrected chi connectivity index (χ1v) is 6.56. The van der Waals surface area contributed by atoms with Gasteiger partial charge in [-0.15, -0.1) is 0 Å². The average molecular weight is 271 g/mol. The zero-order valence-corrected chi connectivity index (χ0v) is 11.3. The molecule has 0 saturated heterocycles. The number of carbonyl (C=O) groups is 2. The van der Waals surface area contributed by atoms with Crippen molar-refractivity contribution in [2.24, 2.45) is 5.92 Å². The summed E-state index contributed by atoms with van der Waals surface area (Å²) in [6.45, 7) is 1.82. The summed E-state index contributed by atoms with van der Waals surface area (Å²) in [5.74, 6) is -2.56. The molecule has 0 aliphatic carbocycles. The number of amides is 1. The molecule has 20 heavy (non-hydrogen) atoms. The predicted octanol–water partition coefficient (Wildman–Crippen LogP) is 2.22. The Morgan fingerprint density at radius 3 is 2.55 bits per heavy atom. The molecule has 0 heterocycles. The van der Waals surface area contributed by atoms with Gasteiger partial charge in [-0.3, -0.25) is 9.59 Å². The Bertz CT molecular complexity index is 636. The Morgan fingerprint density at radius 2 is 1.85 bits per heavy atom. The third-order valence-corrected chi connectivity index (χ3v) is 3.29. The Kier molecular flexibility index (Phi) is 4.35. The maximum Gasteiger partial charge on any atom is 0.315 e. The second-order valence-electron chi connectivity index (χ2n) is 4.78. The monoisotopic (exact) mass is 271 g/mol. The van der Waals surface area contributed by atoms with Gasteiger partial charge in [-0.2, -0.15) is 0 Å². The maximum atomic E-state index is 11.5. The number of aliphatic carboxylic acids is 1. The lowest BCUT2D eigenvalue weighted by Gasteiger charge is -2.08. The van der Waals surface area contributed by atoms with Crippen molar-refractivity contribution < 1.29 is 14.7 Å². The van der Waals surface area contributed by atoms with Crippen LogP contribution in [0.25, 0.3) is 10.8 Å². The SMILES string of the molecule is CC(C(=O)O)C(=O)NCCc1ccc2ccccc2c1. The zero-order chi connectivity index (χ0) is 14.5. The van der Waals surface area contributed by atoms with Crippen molar-refractivity contribution in [3.63, 3.8) is 0 Å². The Balaban J connectivity index is 1.93. The average Bonchev–Trinajstić information content (AvgIpc) is 2.46. The molecule has 2 aromatic carbocycles. The van der Waals surface area contributed by atoms with E-state index in [1.54, 1.807) is 0 Å². The lowest BCUT2D eigenvalue weighted by molar-refractivity contribution is -0.146. The molecule has 0 fully saturated rings. The van der Waals surface area contributed by atoms with Gasteiger partial charge in [0.25, 0.3) is 0 Å². The minimum absolute atomic E-state index is 0.439. The summed E-state index contributed by atoms with van der Waals surface area (Å²) in [4.78, 5) is 22.2. The molecule has 0 spiro atoms. The maximum absolute atomic E-state index is 11.5. The molecular formula is C16H17NO3. The number of benzene rings is 2. The van der Waals surface area contributed by atoms with Crippen molar-refractivity contribution in [1.29, 1.82) is 0 Å². The van der Waals surface area contributed by atoms with Crippen LogP contribution in [-0.4, -0.2) is 23.5 Å². The van der Waals surface area contributed by atoms with Crippen LogP contribution in [0.4, 0.5) is 0 Å². The molecule has 4 nitrogen and oxygen atoms in total. The standard InChI is InChI=1S/C16H17NO3/c1-11(16(19)20)15(18)17-9-8-12-6-7-13-4-2-3-5-14(13)10-12/h2-7,10-11H,8-9H2,1H3,(H,17,18)(H,19,20). The largest absolute Gasteiger partial charge is 0.481 e. The fourth-order valence-corrected chi connectivity index (χ4v) is 1.99. The van der Waals surface area contributed by atoms with Crippen LogP contribution < -0.4 is 5.32 Å². The summed E-state index contributed by atoms with van der Waals surface area (Å²) in [5, 5.41) is 13.7. The number of hydrogen-bond acceptors (Lipinski definition) is 2. The molecule has 2 aromatic rings. The fourth-order valence-electron chi connectivity index (χ4n) is 1.99. The number of carboxylic acid groups (broad SMARTS) is 1. The molecule has 1 atom stereocenters. The summed E-state index contributed by atoms with van der Waals surface area (Å²) in [6.07, 6.45) is 0.683. The van der Waals surface area contributed by atoms with E-state index in [0.29, 0.717) is 13.0 Å².